The van der Waals surface area contributed by atoms with Crippen molar-refractivity contribution >= 4 is 5.91 Å². The molecule has 3 atom stereocenters. The van der Waals surface area contributed by atoms with Gasteiger partial charge in [-0.1, -0.05) is 0 Å². The first-order valence-electron chi connectivity index (χ1n) is 7.27. The van der Waals surface area contributed by atoms with Gasteiger partial charge in [0, 0.05) is 21.3 Å². The number of carbonyl (C=O) groups excluding carboxylic acids is 1. The van der Waals surface area contributed by atoms with Crippen LogP contribution in [0.2, 0.25) is 0 Å². The second-order valence-corrected chi connectivity index (χ2v) is 5.34. The van der Waals surface area contributed by atoms with Crippen LogP contribution in [0.25, 0.3) is 0 Å². The van der Waals surface area contributed by atoms with E-state index in [2.05, 4.69) is 0 Å². The van der Waals surface area contributed by atoms with Crippen molar-refractivity contribution in [2.45, 2.75) is 18.2 Å². The summed E-state index contributed by atoms with van der Waals surface area (Å²) in [6.07, 6.45) is -0.606. The summed E-state index contributed by atoms with van der Waals surface area (Å²) < 4.78 is 35.0. The van der Waals surface area contributed by atoms with E-state index in [0.717, 1.165) is 6.07 Å². The Kier molecular flexibility index (Phi) is 5.92. The van der Waals surface area contributed by atoms with Crippen LogP contribution in [0.15, 0.2) is 18.2 Å². The average molecular weight is 327 g/mol. The monoisotopic (exact) mass is 327 g/mol. The summed E-state index contributed by atoms with van der Waals surface area (Å²) in [7, 11) is 6.20. The minimum Gasteiger partial charge on any atom is -0.496 e. The highest BCUT2D eigenvalue weighted by Crippen LogP contribution is 2.24. The molecule has 0 aromatic heterocycles. The number of rotatable bonds is 5. The number of halogens is 1. The van der Waals surface area contributed by atoms with E-state index in [0.29, 0.717) is 19.0 Å². The molecule has 0 unspecified atom stereocenters. The Labute approximate surface area is 135 Å². The summed E-state index contributed by atoms with van der Waals surface area (Å²) in [6.45, 7) is 0.717. The van der Waals surface area contributed by atoms with Gasteiger partial charge in [0.1, 0.15) is 23.8 Å². The number of ether oxygens (including phenoxy) is 4. The smallest absolute Gasteiger partial charge is 0.257 e. The Morgan fingerprint density at radius 1 is 1.26 bits per heavy atom. The molecule has 2 rings (SSSR count). The maximum Gasteiger partial charge on any atom is 0.257 e. The summed E-state index contributed by atoms with van der Waals surface area (Å²) >= 11 is 0. The van der Waals surface area contributed by atoms with Crippen LogP contribution >= 0.6 is 0 Å². The molecule has 1 aliphatic heterocycles. The molecule has 1 aromatic rings. The number of benzene rings is 1. The fourth-order valence-electron chi connectivity index (χ4n) is 2.77. The fourth-order valence-corrected chi connectivity index (χ4v) is 2.77. The van der Waals surface area contributed by atoms with Gasteiger partial charge in [0.05, 0.1) is 31.9 Å². The highest BCUT2D eigenvalue weighted by molar-refractivity contribution is 5.97. The molecule has 0 saturated carbocycles. The molecular weight excluding hydrogens is 305 g/mol. The highest BCUT2D eigenvalue weighted by Gasteiger charge is 2.39. The lowest BCUT2D eigenvalue weighted by Gasteiger charge is -2.40. The molecule has 0 aliphatic carbocycles. The van der Waals surface area contributed by atoms with Gasteiger partial charge >= 0.3 is 0 Å². The summed E-state index contributed by atoms with van der Waals surface area (Å²) in [5.74, 6) is -0.550. The van der Waals surface area contributed by atoms with Gasteiger partial charge in [-0.15, -0.1) is 0 Å². The lowest BCUT2D eigenvalue weighted by molar-refractivity contribution is -0.147. The minimum absolute atomic E-state index is 0.157. The van der Waals surface area contributed by atoms with Crippen LogP contribution in [0.3, 0.4) is 0 Å². The molecule has 1 fully saturated rings. The first kappa shape index (κ1) is 17.7. The van der Waals surface area contributed by atoms with Crippen molar-refractivity contribution in [3.63, 3.8) is 0 Å². The number of carbonyl (C=O) groups is 1. The molecule has 0 bridgehead atoms. The predicted octanol–water partition coefficient (Wildman–Crippen LogP) is 1.34. The first-order chi connectivity index (χ1) is 11.0. The van der Waals surface area contributed by atoms with Crippen LogP contribution in [0.5, 0.6) is 5.75 Å². The van der Waals surface area contributed by atoms with Gasteiger partial charge in [-0.05, 0) is 18.2 Å². The number of nitrogens with zero attached hydrogens (tertiary/aromatic N) is 1. The molecule has 0 N–H and O–H groups in total. The molecule has 0 spiro atoms. The SMILES string of the molecule is COc1ccc(F)cc1C(=O)N(C)[C@@H]1COC[C@@H](OC)[C@H]1OC. The van der Waals surface area contributed by atoms with Gasteiger partial charge in [0.15, 0.2) is 0 Å². The summed E-state index contributed by atoms with van der Waals surface area (Å²) in [4.78, 5) is 14.2. The minimum atomic E-state index is -0.500. The van der Waals surface area contributed by atoms with E-state index < -0.39 is 5.82 Å². The number of likely N-dealkylation sites (N-methyl/N-ethyl adjacent to an activating group) is 1. The molecule has 1 heterocycles. The lowest BCUT2D eigenvalue weighted by atomic mass is 10.0. The maximum atomic E-state index is 13.5. The molecule has 128 valence electrons. The van der Waals surface area contributed by atoms with E-state index in [4.69, 9.17) is 18.9 Å². The third kappa shape index (κ3) is 3.63. The van der Waals surface area contributed by atoms with E-state index >= 15 is 0 Å². The Morgan fingerprint density at radius 2 is 2.00 bits per heavy atom. The molecule has 7 heteroatoms. The second-order valence-electron chi connectivity index (χ2n) is 5.34. The molecule has 1 aromatic carbocycles. The van der Waals surface area contributed by atoms with Crippen LogP contribution in [-0.2, 0) is 14.2 Å². The zero-order valence-corrected chi connectivity index (χ0v) is 13.7. The van der Waals surface area contributed by atoms with Gasteiger partial charge in [-0.2, -0.15) is 0 Å². The van der Waals surface area contributed by atoms with Gasteiger partial charge in [-0.25, -0.2) is 4.39 Å². The Morgan fingerprint density at radius 3 is 2.61 bits per heavy atom. The number of hydrogen-bond acceptors (Lipinski definition) is 5. The summed E-state index contributed by atoms with van der Waals surface area (Å²) in [5, 5.41) is 0. The van der Waals surface area contributed by atoms with Crippen molar-refractivity contribution in [2.24, 2.45) is 0 Å². The second kappa shape index (κ2) is 7.72. The topological polar surface area (TPSA) is 57.2 Å². The average Bonchev–Trinajstić information content (AvgIpc) is 2.59. The molecule has 1 aliphatic rings. The van der Waals surface area contributed by atoms with Crippen LogP contribution in [-0.4, -0.2) is 70.6 Å². The maximum absolute atomic E-state index is 13.5. The summed E-state index contributed by atoms with van der Waals surface area (Å²) in [6, 6.07) is 3.49. The quantitative estimate of drug-likeness (QED) is 0.817. The van der Waals surface area contributed by atoms with Gasteiger partial charge in [-0.3, -0.25) is 4.79 Å². The van der Waals surface area contributed by atoms with Crippen molar-refractivity contribution in [3.8, 4) is 5.75 Å². The van der Waals surface area contributed by atoms with Gasteiger partial charge < -0.3 is 23.8 Å². The van der Waals surface area contributed by atoms with Crippen molar-refractivity contribution < 1.29 is 28.1 Å². The molecule has 23 heavy (non-hydrogen) atoms. The van der Waals surface area contributed by atoms with Gasteiger partial charge in [0.25, 0.3) is 5.91 Å². The number of hydrogen-bond donors (Lipinski definition) is 0. The standard InChI is InChI=1S/C16H22FNO5/c1-18(12-8-23-9-14(21-3)15(12)22-4)16(19)11-7-10(17)5-6-13(11)20-2/h5-7,12,14-15H,8-9H2,1-4H3/t12-,14-,15+/m1/s1. The zero-order chi connectivity index (χ0) is 17.0. The van der Waals surface area contributed by atoms with E-state index in [-0.39, 0.29) is 29.7 Å². The molecule has 1 amide bonds. The van der Waals surface area contributed by atoms with Crippen molar-refractivity contribution in [3.05, 3.63) is 29.6 Å². The van der Waals surface area contributed by atoms with E-state index in [1.165, 1.54) is 24.1 Å². The van der Waals surface area contributed by atoms with Gasteiger partial charge in [0.2, 0.25) is 0 Å². The van der Waals surface area contributed by atoms with E-state index in [1.54, 1.807) is 21.3 Å². The molecule has 6 nitrogen and oxygen atoms in total. The van der Waals surface area contributed by atoms with Crippen molar-refractivity contribution in [2.75, 3.05) is 41.6 Å². The van der Waals surface area contributed by atoms with Crippen LogP contribution in [0, 0.1) is 5.82 Å². The van der Waals surface area contributed by atoms with Crippen molar-refractivity contribution in [1.82, 2.24) is 4.90 Å². The first-order valence-corrected chi connectivity index (χ1v) is 7.27. The summed E-state index contributed by atoms with van der Waals surface area (Å²) in [5.41, 5.74) is 0.157. The fraction of sp³-hybridized carbons (Fsp3) is 0.562. The molecule has 0 radical (unpaired) electrons. The largest absolute Gasteiger partial charge is 0.496 e. The van der Waals surface area contributed by atoms with E-state index in [1.807, 2.05) is 0 Å². The third-order valence-electron chi connectivity index (χ3n) is 4.10. The van der Waals surface area contributed by atoms with Crippen LogP contribution in [0.1, 0.15) is 10.4 Å². The lowest BCUT2D eigenvalue weighted by Crippen LogP contribution is -2.57. The van der Waals surface area contributed by atoms with Crippen LogP contribution in [0.4, 0.5) is 4.39 Å². The third-order valence-corrected chi connectivity index (χ3v) is 4.10. The Hall–Kier alpha value is -1.70. The van der Waals surface area contributed by atoms with Crippen molar-refractivity contribution in [1.29, 1.82) is 0 Å². The normalized spacial score (nSPS) is 24.3. The highest BCUT2D eigenvalue weighted by atomic mass is 19.1. The van der Waals surface area contributed by atoms with Crippen LogP contribution < -0.4 is 4.74 Å². The molecular formula is C16H22FNO5. The Balaban J connectivity index is 2.26. The Bertz CT molecular complexity index is 553. The van der Waals surface area contributed by atoms with E-state index in [9.17, 15) is 9.18 Å². The zero-order valence-electron chi connectivity index (χ0n) is 13.7. The predicted molar refractivity (Wildman–Crippen MR) is 81.2 cm³/mol. The number of methoxy groups -OCH3 is 3. The molecule has 1 saturated heterocycles. The number of amides is 1.